The van der Waals surface area contributed by atoms with E-state index in [0.717, 1.165) is 43.2 Å². The number of carboxylic acid groups (broad SMARTS) is 1. The van der Waals surface area contributed by atoms with Crippen LogP contribution in [0, 0.1) is 64.1 Å². The molecule has 0 saturated heterocycles. The van der Waals surface area contributed by atoms with Gasteiger partial charge in [-0.3, -0.25) is 9.59 Å². The van der Waals surface area contributed by atoms with Gasteiger partial charge in [-0.2, -0.15) is 0 Å². The van der Waals surface area contributed by atoms with Gasteiger partial charge in [-0.05, 0) is 77.0 Å². The summed E-state index contributed by atoms with van der Waals surface area (Å²) in [5.41, 5.74) is 1.87. The molecule has 0 saturated carbocycles. The van der Waals surface area contributed by atoms with Gasteiger partial charge >= 0.3 is 5.97 Å². The van der Waals surface area contributed by atoms with Gasteiger partial charge in [0.05, 0.1) is 5.56 Å². The highest BCUT2D eigenvalue weighted by molar-refractivity contribution is 5.88. The number of hydrogen-bond donors (Lipinski definition) is 1. The van der Waals surface area contributed by atoms with E-state index < -0.39 is 5.97 Å². The lowest BCUT2D eigenvalue weighted by molar-refractivity contribution is -0.130. The van der Waals surface area contributed by atoms with Gasteiger partial charge in [0.25, 0.3) is 0 Å². The lowest BCUT2D eigenvalue weighted by Crippen LogP contribution is -2.41. The molecule has 0 aromatic heterocycles. The fourth-order valence-corrected chi connectivity index (χ4v) is 7.92. The molecule has 6 unspecified atom stereocenters. The summed E-state index contributed by atoms with van der Waals surface area (Å²) < 4.78 is 0. The van der Waals surface area contributed by atoms with Crippen LogP contribution in [0.15, 0.2) is 43.0 Å². The zero-order chi connectivity index (χ0) is 32.1. The van der Waals surface area contributed by atoms with Crippen molar-refractivity contribution in [2.24, 2.45) is 52.3 Å². The third-order valence-electron chi connectivity index (χ3n) is 10.8. The molecular formula is C39H54O4. The van der Waals surface area contributed by atoms with E-state index >= 15 is 0 Å². The molecule has 234 valence electrons. The average Bonchev–Trinajstić information content (AvgIpc) is 3.03. The van der Waals surface area contributed by atoms with Crippen molar-refractivity contribution in [3.8, 4) is 11.8 Å². The Hall–Kier alpha value is -2.93. The van der Waals surface area contributed by atoms with E-state index in [-0.39, 0.29) is 51.8 Å². The van der Waals surface area contributed by atoms with Gasteiger partial charge in [0, 0.05) is 37.0 Å². The molecule has 4 nitrogen and oxygen atoms in total. The Balaban J connectivity index is 1.61. The lowest BCUT2D eigenvalue weighted by atomic mass is 9.61. The Bertz CT molecular complexity index is 1270. The first-order chi connectivity index (χ1) is 20.1. The monoisotopic (exact) mass is 586 g/mol. The van der Waals surface area contributed by atoms with Crippen molar-refractivity contribution in [2.75, 3.05) is 0 Å². The van der Waals surface area contributed by atoms with Crippen LogP contribution in [0.3, 0.4) is 0 Å². The van der Waals surface area contributed by atoms with E-state index in [1.165, 1.54) is 0 Å². The second-order valence-corrected chi connectivity index (χ2v) is 14.8. The van der Waals surface area contributed by atoms with Gasteiger partial charge in [0.1, 0.15) is 11.6 Å². The topological polar surface area (TPSA) is 71.4 Å². The summed E-state index contributed by atoms with van der Waals surface area (Å²) in [6.07, 6.45) is 10.1. The number of rotatable bonds is 13. The van der Waals surface area contributed by atoms with E-state index in [0.29, 0.717) is 30.5 Å². The van der Waals surface area contributed by atoms with Crippen LogP contribution in [-0.4, -0.2) is 22.6 Å². The van der Waals surface area contributed by atoms with Crippen molar-refractivity contribution in [1.82, 2.24) is 0 Å². The van der Waals surface area contributed by atoms with Crippen LogP contribution in [0.4, 0.5) is 0 Å². The van der Waals surface area contributed by atoms with Crippen LogP contribution in [0.2, 0.25) is 0 Å². The smallest absolute Gasteiger partial charge is 0.335 e. The Labute approximate surface area is 260 Å². The molecule has 2 aliphatic rings. The third-order valence-corrected chi connectivity index (χ3v) is 10.8. The summed E-state index contributed by atoms with van der Waals surface area (Å²) in [4.78, 5) is 38.5. The van der Waals surface area contributed by atoms with Crippen LogP contribution in [0.5, 0.6) is 0 Å². The number of allylic oxidation sites excluding steroid dienone is 3. The fourth-order valence-electron chi connectivity index (χ4n) is 7.92. The lowest BCUT2D eigenvalue weighted by Gasteiger charge is -2.41. The second kappa shape index (κ2) is 14.2. The highest BCUT2D eigenvalue weighted by atomic mass is 16.4. The molecule has 0 amide bonds. The zero-order valence-corrected chi connectivity index (χ0v) is 27.8. The van der Waals surface area contributed by atoms with E-state index in [4.69, 9.17) is 0 Å². The molecule has 0 spiro atoms. The molecule has 43 heavy (non-hydrogen) atoms. The SMILES string of the molecule is C=C(c1ccc(C(=O)O)cc1)C(C)C(C)CC(=O)C1C(C)C#CCC(CCCCC(=O)[C@@H]2C(C)C=CCC2(C)C)C1(C)C. The number of carbonyl (C=O) groups excluding carboxylic acids is 2. The Morgan fingerprint density at radius 1 is 0.977 bits per heavy atom. The van der Waals surface area contributed by atoms with Crippen molar-refractivity contribution in [1.29, 1.82) is 0 Å². The number of hydrogen-bond acceptors (Lipinski definition) is 3. The summed E-state index contributed by atoms with van der Waals surface area (Å²) >= 11 is 0. The molecule has 0 bridgehead atoms. The van der Waals surface area contributed by atoms with Crippen molar-refractivity contribution in [2.45, 2.75) is 100 Å². The Morgan fingerprint density at radius 2 is 1.60 bits per heavy atom. The minimum Gasteiger partial charge on any atom is -0.478 e. The molecule has 2 aliphatic carbocycles. The number of unbranched alkanes of at least 4 members (excludes halogenated alkanes) is 1. The van der Waals surface area contributed by atoms with E-state index in [1.54, 1.807) is 24.3 Å². The van der Waals surface area contributed by atoms with Crippen LogP contribution < -0.4 is 0 Å². The van der Waals surface area contributed by atoms with E-state index in [1.807, 2.05) is 0 Å². The van der Waals surface area contributed by atoms with Gasteiger partial charge in [-0.25, -0.2) is 4.79 Å². The maximum atomic E-state index is 14.0. The number of carboxylic acids is 1. The van der Waals surface area contributed by atoms with Gasteiger partial charge in [-0.15, -0.1) is 5.92 Å². The van der Waals surface area contributed by atoms with E-state index in [9.17, 15) is 19.5 Å². The van der Waals surface area contributed by atoms with Crippen molar-refractivity contribution in [3.63, 3.8) is 0 Å². The van der Waals surface area contributed by atoms with Crippen LogP contribution in [0.25, 0.3) is 5.57 Å². The van der Waals surface area contributed by atoms with Crippen molar-refractivity contribution < 1.29 is 19.5 Å². The maximum Gasteiger partial charge on any atom is 0.335 e. The standard InChI is InChI=1S/C39H54O4/c1-25-15-13-23-38(6,7)35(25)33(40)18-11-10-16-32-17-12-14-26(2)36(39(32,8)9)34(41)24-27(3)28(4)29(5)30-19-21-31(22-20-30)37(42)43/h13,15,19-22,25-28,32,35-36H,5,10-11,16-18,23-24H2,1-4,6-9H3,(H,42,43)/t25?,26?,27?,28?,32?,35-,36?/m0/s1. The molecule has 0 heterocycles. The highest BCUT2D eigenvalue weighted by Gasteiger charge is 2.44. The maximum absolute atomic E-state index is 14.0. The predicted molar refractivity (Wildman–Crippen MR) is 176 cm³/mol. The molecule has 7 atom stereocenters. The van der Waals surface area contributed by atoms with Crippen LogP contribution >= 0.6 is 0 Å². The van der Waals surface area contributed by atoms with Gasteiger partial charge < -0.3 is 5.11 Å². The number of carbonyl (C=O) groups is 3. The predicted octanol–water partition coefficient (Wildman–Crippen LogP) is 9.30. The zero-order valence-electron chi connectivity index (χ0n) is 27.8. The first-order valence-corrected chi connectivity index (χ1v) is 16.3. The summed E-state index contributed by atoms with van der Waals surface area (Å²) in [5.74, 6) is 7.19. The van der Waals surface area contributed by atoms with Crippen LogP contribution in [-0.2, 0) is 9.59 Å². The molecule has 1 N–H and O–H groups in total. The normalized spacial score (nSPS) is 27.2. The first-order valence-electron chi connectivity index (χ1n) is 16.3. The molecule has 1 aromatic rings. The largest absolute Gasteiger partial charge is 0.478 e. The van der Waals surface area contributed by atoms with Crippen molar-refractivity contribution >= 4 is 23.1 Å². The molecular weight excluding hydrogens is 532 g/mol. The van der Waals surface area contributed by atoms with Gasteiger partial charge in [0.15, 0.2) is 0 Å². The number of aromatic carboxylic acids is 1. The van der Waals surface area contributed by atoms with Gasteiger partial charge in [-0.1, -0.05) is 98.6 Å². The molecule has 1 aromatic carbocycles. The highest BCUT2D eigenvalue weighted by Crippen LogP contribution is 2.47. The minimum atomic E-state index is -0.949. The average molecular weight is 587 g/mol. The molecule has 0 aliphatic heterocycles. The molecule has 0 fully saturated rings. The Morgan fingerprint density at radius 3 is 2.21 bits per heavy atom. The fraction of sp³-hybridized carbons (Fsp3) is 0.615. The Kier molecular flexibility index (Phi) is 11.4. The molecule has 3 rings (SSSR count). The van der Waals surface area contributed by atoms with Crippen molar-refractivity contribution in [3.05, 3.63) is 54.1 Å². The summed E-state index contributed by atoms with van der Waals surface area (Å²) in [7, 11) is 0. The second-order valence-electron chi connectivity index (χ2n) is 14.8. The van der Waals surface area contributed by atoms with Gasteiger partial charge in [0.2, 0.25) is 0 Å². The van der Waals surface area contributed by atoms with E-state index in [2.05, 4.69) is 86.0 Å². The minimum absolute atomic E-state index is 0.00794. The molecule has 0 radical (unpaired) electrons. The summed E-state index contributed by atoms with van der Waals surface area (Å²) in [6, 6.07) is 6.80. The number of ketones is 2. The first kappa shape index (κ1) is 34.6. The molecule has 4 heteroatoms. The number of benzene rings is 1. The summed E-state index contributed by atoms with van der Waals surface area (Å²) in [5, 5.41) is 9.21. The number of Topliss-reactive ketones (excluding diaryl/α,β-unsaturated/α-hetero) is 2. The quantitative estimate of drug-likeness (QED) is 0.142. The summed E-state index contributed by atoms with van der Waals surface area (Å²) in [6.45, 7) is 21.7. The third kappa shape index (κ3) is 8.17. The van der Waals surface area contributed by atoms with Crippen LogP contribution in [0.1, 0.15) is 116 Å².